The van der Waals surface area contributed by atoms with Crippen LogP contribution in [0.1, 0.15) is 0 Å². The Labute approximate surface area is 307 Å². The van der Waals surface area contributed by atoms with Gasteiger partial charge in [0.05, 0.1) is 26.3 Å². The lowest BCUT2D eigenvalue weighted by Gasteiger charge is -2.16. The number of nitrogens with zero attached hydrogens (tertiary/aromatic N) is 5. The molecule has 0 saturated heterocycles. The van der Waals surface area contributed by atoms with Gasteiger partial charge >= 0.3 is 0 Å². The van der Waals surface area contributed by atoms with Crippen LogP contribution in [0, 0.1) is 10.1 Å². The Hall–Kier alpha value is -7.03. The molecule has 0 spiro atoms. The summed E-state index contributed by atoms with van der Waals surface area (Å²) >= 11 is 1.80. The number of fused-ring (bicyclic) bond motifs is 7. The molecular weight excluding hydrogens is 675 g/mol. The molecule has 250 valence electrons. The largest absolute Gasteiger partial charge is 0.307 e. The summed E-state index contributed by atoms with van der Waals surface area (Å²) in [6.45, 7) is 0. The zero-order valence-corrected chi connectivity index (χ0v) is 28.9. The third-order valence-corrected chi connectivity index (χ3v) is 11.0. The maximum atomic E-state index is 11.7. The van der Waals surface area contributed by atoms with Gasteiger partial charge in [0, 0.05) is 60.6 Å². The summed E-state index contributed by atoms with van der Waals surface area (Å²) in [6, 6.07) is 54.4. The van der Waals surface area contributed by atoms with Crippen LogP contribution in [-0.4, -0.2) is 24.4 Å². The third-order valence-electron chi connectivity index (χ3n) is 9.76. The Morgan fingerprint density at radius 3 is 1.75 bits per heavy atom. The molecule has 0 aliphatic carbocycles. The number of benzene rings is 7. The molecule has 53 heavy (non-hydrogen) atoms. The molecular formula is C45H27N5O2S. The quantitative estimate of drug-likeness (QED) is 0.127. The summed E-state index contributed by atoms with van der Waals surface area (Å²) < 4.78 is 4.79. The molecule has 3 aromatic heterocycles. The zero-order valence-electron chi connectivity index (χ0n) is 28.0. The minimum Gasteiger partial charge on any atom is -0.307 e. The van der Waals surface area contributed by atoms with E-state index in [1.54, 1.807) is 23.5 Å². The summed E-state index contributed by atoms with van der Waals surface area (Å²) in [5.74, 6) is 1.68. The van der Waals surface area contributed by atoms with E-state index < -0.39 is 0 Å². The van der Waals surface area contributed by atoms with Gasteiger partial charge in [-0.05, 0) is 48.0 Å². The first-order chi connectivity index (χ1) is 26.1. The van der Waals surface area contributed by atoms with E-state index >= 15 is 0 Å². The second-order valence-electron chi connectivity index (χ2n) is 12.9. The molecule has 0 saturated carbocycles. The van der Waals surface area contributed by atoms with Crippen molar-refractivity contribution in [3.63, 3.8) is 0 Å². The fraction of sp³-hybridized carbons (Fsp3) is 0. The summed E-state index contributed by atoms with van der Waals surface area (Å²) in [5, 5.41) is 16.5. The van der Waals surface area contributed by atoms with E-state index in [0.29, 0.717) is 17.5 Å². The van der Waals surface area contributed by atoms with Crippen molar-refractivity contribution < 1.29 is 4.92 Å². The molecule has 7 nitrogen and oxygen atoms in total. The van der Waals surface area contributed by atoms with Gasteiger partial charge in [-0.25, -0.2) is 15.0 Å². The van der Waals surface area contributed by atoms with Gasteiger partial charge < -0.3 is 4.57 Å². The van der Waals surface area contributed by atoms with Crippen molar-refractivity contribution >= 4 is 59.0 Å². The maximum absolute atomic E-state index is 11.7. The SMILES string of the molecule is O=[N+]([O-])c1ccc(-c2cc(-c3nc(-c4ccccc4)nc(-c4ccccc4)n3)ccc2-n2c3ccccc3c3ccc4c5ccccc5sc4c32)cc1. The first kappa shape index (κ1) is 30.8. The number of hydrogen-bond acceptors (Lipinski definition) is 6. The fourth-order valence-corrected chi connectivity index (χ4v) is 8.52. The van der Waals surface area contributed by atoms with E-state index in [0.717, 1.165) is 55.3 Å². The molecule has 8 heteroatoms. The van der Waals surface area contributed by atoms with Gasteiger partial charge in [0.2, 0.25) is 0 Å². The van der Waals surface area contributed by atoms with Crippen molar-refractivity contribution in [2.75, 3.05) is 0 Å². The lowest BCUT2D eigenvalue weighted by molar-refractivity contribution is -0.384. The number of nitro benzene ring substituents is 1. The highest BCUT2D eigenvalue weighted by molar-refractivity contribution is 7.26. The number of para-hydroxylation sites is 1. The Kier molecular flexibility index (Phi) is 7.16. The molecule has 0 aliphatic rings. The van der Waals surface area contributed by atoms with Crippen LogP contribution in [0.2, 0.25) is 0 Å². The summed E-state index contributed by atoms with van der Waals surface area (Å²) in [5.41, 5.74) is 7.47. The smallest absolute Gasteiger partial charge is 0.269 e. The van der Waals surface area contributed by atoms with Crippen molar-refractivity contribution in [1.29, 1.82) is 0 Å². The summed E-state index contributed by atoms with van der Waals surface area (Å²) in [6.07, 6.45) is 0. The first-order valence-corrected chi connectivity index (χ1v) is 18.0. The molecule has 10 rings (SSSR count). The number of hydrogen-bond donors (Lipinski definition) is 0. The third kappa shape index (κ3) is 5.15. The molecule has 10 aromatic rings. The molecule has 7 aromatic carbocycles. The van der Waals surface area contributed by atoms with E-state index in [-0.39, 0.29) is 10.6 Å². The minimum absolute atomic E-state index is 0.0350. The lowest BCUT2D eigenvalue weighted by Crippen LogP contribution is -2.02. The highest BCUT2D eigenvalue weighted by Crippen LogP contribution is 2.44. The van der Waals surface area contributed by atoms with Crippen molar-refractivity contribution in [3.05, 3.63) is 174 Å². The highest BCUT2D eigenvalue weighted by atomic mass is 32.1. The van der Waals surface area contributed by atoms with Crippen molar-refractivity contribution in [2.45, 2.75) is 0 Å². The van der Waals surface area contributed by atoms with E-state index in [9.17, 15) is 10.1 Å². The molecule has 0 aliphatic heterocycles. The average Bonchev–Trinajstić information content (AvgIpc) is 3.77. The first-order valence-electron chi connectivity index (χ1n) is 17.2. The van der Waals surface area contributed by atoms with Gasteiger partial charge in [0.1, 0.15) is 0 Å². The molecule has 0 fully saturated rings. The zero-order chi connectivity index (χ0) is 35.5. The van der Waals surface area contributed by atoms with Crippen LogP contribution < -0.4 is 0 Å². The van der Waals surface area contributed by atoms with Crippen LogP contribution in [0.5, 0.6) is 0 Å². The van der Waals surface area contributed by atoms with Crippen molar-refractivity contribution in [3.8, 4) is 51.0 Å². The topological polar surface area (TPSA) is 86.7 Å². The predicted molar refractivity (Wildman–Crippen MR) is 215 cm³/mol. The molecule has 0 N–H and O–H groups in total. The second-order valence-corrected chi connectivity index (χ2v) is 13.9. The molecule has 0 unspecified atom stereocenters. The van der Waals surface area contributed by atoms with Crippen molar-refractivity contribution in [1.82, 2.24) is 19.5 Å². The second kappa shape index (κ2) is 12.3. The van der Waals surface area contributed by atoms with Crippen LogP contribution >= 0.6 is 11.3 Å². The van der Waals surface area contributed by atoms with Crippen LogP contribution in [0.15, 0.2) is 164 Å². The predicted octanol–water partition coefficient (Wildman–Crippen LogP) is 11.9. The molecule has 0 amide bonds. The van der Waals surface area contributed by atoms with Crippen LogP contribution in [-0.2, 0) is 0 Å². The number of aromatic nitrogens is 4. The van der Waals surface area contributed by atoms with E-state index in [1.807, 2.05) is 72.8 Å². The molecule has 3 heterocycles. The molecule has 0 bridgehead atoms. The van der Waals surface area contributed by atoms with E-state index in [2.05, 4.69) is 83.4 Å². The summed E-state index contributed by atoms with van der Waals surface area (Å²) in [7, 11) is 0. The number of non-ortho nitro benzene ring substituents is 1. The number of rotatable bonds is 6. The number of thiophene rings is 1. The van der Waals surface area contributed by atoms with E-state index in [1.165, 1.54) is 20.2 Å². The monoisotopic (exact) mass is 701 g/mol. The highest BCUT2D eigenvalue weighted by Gasteiger charge is 2.21. The van der Waals surface area contributed by atoms with Crippen LogP contribution in [0.25, 0.3) is 93.0 Å². The van der Waals surface area contributed by atoms with Crippen molar-refractivity contribution in [2.24, 2.45) is 0 Å². The number of nitro groups is 1. The standard InChI is InChI=1S/C45H27N5O2S/c51-50(52)32-22-19-28(20-23-32)37-27-31(45-47-43(29-11-3-1-4-12-29)46-44(48-45)30-13-5-2-6-14-30)21-26-39(37)49-38-17-9-7-15-33(38)35-24-25-36-34-16-8-10-18-40(34)53-42(36)41(35)49/h1-27H. The molecule has 0 atom stereocenters. The van der Waals surface area contributed by atoms with Gasteiger partial charge in [-0.2, -0.15) is 0 Å². The van der Waals surface area contributed by atoms with Gasteiger partial charge in [-0.15, -0.1) is 11.3 Å². The Morgan fingerprint density at radius 1 is 0.509 bits per heavy atom. The van der Waals surface area contributed by atoms with E-state index in [4.69, 9.17) is 15.0 Å². The van der Waals surface area contributed by atoms with Gasteiger partial charge in [-0.1, -0.05) is 109 Å². The van der Waals surface area contributed by atoms with Gasteiger partial charge in [0.25, 0.3) is 5.69 Å². The maximum Gasteiger partial charge on any atom is 0.269 e. The van der Waals surface area contributed by atoms with Crippen LogP contribution in [0.3, 0.4) is 0 Å². The Morgan fingerprint density at radius 2 is 1.08 bits per heavy atom. The fourth-order valence-electron chi connectivity index (χ4n) is 7.28. The lowest BCUT2D eigenvalue weighted by atomic mass is 9.99. The Bertz CT molecular complexity index is 2970. The molecule has 0 radical (unpaired) electrons. The summed E-state index contributed by atoms with van der Waals surface area (Å²) in [4.78, 5) is 26.3. The van der Waals surface area contributed by atoms with Crippen LogP contribution in [0.4, 0.5) is 5.69 Å². The average molecular weight is 702 g/mol. The Balaban J connectivity index is 1.27. The van der Waals surface area contributed by atoms with Gasteiger partial charge in [0.15, 0.2) is 17.5 Å². The minimum atomic E-state index is -0.368. The van der Waals surface area contributed by atoms with Gasteiger partial charge in [-0.3, -0.25) is 10.1 Å². The normalized spacial score (nSPS) is 11.5.